The summed E-state index contributed by atoms with van der Waals surface area (Å²) in [5.41, 5.74) is 0. The molecule has 1 aromatic heterocycles. The molecule has 1 aliphatic carbocycles. The smallest absolute Gasteiger partial charge is 0.323 e. The second kappa shape index (κ2) is 6.05. The van der Waals surface area contributed by atoms with Gasteiger partial charge in [0.2, 0.25) is 0 Å². The quantitative estimate of drug-likeness (QED) is 0.896. The highest BCUT2D eigenvalue weighted by atomic mass is 79.9. The maximum absolute atomic E-state index is 12.4. The molecule has 1 saturated heterocycles. The number of nitrogens with one attached hydrogen (secondary N) is 1. The standard InChI is InChI=1S/C13H17BrN4O2/c14-11-6-16-12(7-15-11)17-13(19)18-4-5-20-8-10(18)9-2-1-3-9/h6-7,9-10H,1-5,8H2,(H,16,17,19). The van der Waals surface area contributed by atoms with Gasteiger partial charge in [0.05, 0.1) is 31.6 Å². The fourth-order valence-electron chi connectivity index (χ4n) is 2.65. The normalized spacial score (nSPS) is 23.2. The molecule has 2 amide bonds. The van der Waals surface area contributed by atoms with Gasteiger partial charge in [-0.05, 0) is 34.7 Å². The van der Waals surface area contributed by atoms with Crippen LogP contribution in [0.1, 0.15) is 19.3 Å². The van der Waals surface area contributed by atoms with E-state index in [0.29, 0.717) is 36.1 Å². The summed E-state index contributed by atoms with van der Waals surface area (Å²) in [6.45, 7) is 1.88. The van der Waals surface area contributed by atoms with Crippen molar-refractivity contribution in [1.29, 1.82) is 0 Å². The van der Waals surface area contributed by atoms with Crippen molar-refractivity contribution in [3.63, 3.8) is 0 Å². The van der Waals surface area contributed by atoms with Gasteiger partial charge in [0.15, 0.2) is 5.82 Å². The highest BCUT2D eigenvalue weighted by Crippen LogP contribution is 2.33. The van der Waals surface area contributed by atoms with Crippen molar-refractivity contribution in [3.05, 3.63) is 17.0 Å². The van der Waals surface area contributed by atoms with Crippen LogP contribution in [0.3, 0.4) is 0 Å². The third kappa shape index (κ3) is 2.93. The first-order chi connectivity index (χ1) is 9.74. The van der Waals surface area contributed by atoms with Gasteiger partial charge in [-0.15, -0.1) is 0 Å². The van der Waals surface area contributed by atoms with Crippen LogP contribution in [0.2, 0.25) is 0 Å². The van der Waals surface area contributed by atoms with E-state index in [-0.39, 0.29) is 12.1 Å². The molecule has 6 nitrogen and oxygen atoms in total. The molecule has 7 heteroatoms. The summed E-state index contributed by atoms with van der Waals surface area (Å²) in [6.07, 6.45) is 6.75. The summed E-state index contributed by atoms with van der Waals surface area (Å²) >= 11 is 3.22. The zero-order chi connectivity index (χ0) is 13.9. The van der Waals surface area contributed by atoms with Crippen molar-refractivity contribution >= 4 is 27.8 Å². The van der Waals surface area contributed by atoms with E-state index in [9.17, 15) is 4.79 Å². The molecule has 0 aromatic carbocycles. The minimum absolute atomic E-state index is 0.109. The van der Waals surface area contributed by atoms with Crippen molar-refractivity contribution < 1.29 is 9.53 Å². The molecule has 0 spiro atoms. The number of aromatic nitrogens is 2. The number of nitrogens with zero attached hydrogens (tertiary/aromatic N) is 3. The second-order valence-corrected chi connectivity index (χ2v) is 5.99. The molecule has 3 rings (SSSR count). The Morgan fingerprint density at radius 1 is 1.40 bits per heavy atom. The summed E-state index contributed by atoms with van der Waals surface area (Å²) < 4.78 is 6.18. The molecule has 2 fully saturated rings. The lowest BCUT2D eigenvalue weighted by Gasteiger charge is -2.43. The van der Waals surface area contributed by atoms with Crippen molar-refractivity contribution in [3.8, 4) is 0 Å². The Morgan fingerprint density at radius 3 is 2.90 bits per heavy atom. The topological polar surface area (TPSA) is 67.4 Å². The van der Waals surface area contributed by atoms with Gasteiger partial charge >= 0.3 is 6.03 Å². The number of amides is 2. The molecule has 0 bridgehead atoms. The zero-order valence-corrected chi connectivity index (χ0v) is 12.7. The van der Waals surface area contributed by atoms with Gasteiger partial charge in [-0.25, -0.2) is 14.8 Å². The molecule has 20 heavy (non-hydrogen) atoms. The van der Waals surface area contributed by atoms with Crippen LogP contribution >= 0.6 is 15.9 Å². The van der Waals surface area contributed by atoms with Crippen molar-refractivity contribution in [1.82, 2.24) is 14.9 Å². The van der Waals surface area contributed by atoms with Gasteiger partial charge in [-0.2, -0.15) is 0 Å². The third-order valence-corrected chi connectivity index (χ3v) is 4.39. The molecule has 1 aromatic rings. The summed E-state index contributed by atoms with van der Waals surface area (Å²) in [5.74, 6) is 1.05. The largest absolute Gasteiger partial charge is 0.377 e. The van der Waals surface area contributed by atoms with E-state index in [4.69, 9.17) is 4.74 Å². The number of ether oxygens (including phenoxy) is 1. The number of anilines is 1. The Labute approximate surface area is 126 Å². The Balaban J connectivity index is 1.66. The Bertz CT molecular complexity index is 478. The molecule has 2 aliphatic rings. The van der Waals surface area contributed by atoms with Crippen molar-refractivity contribution in [2.24, 2.45) is 5.92 Å². The number of hydrogen-bond acceptors (Lipinski definition) is 4. The average Bonchev–Trinajstić information content (AvgIpc) is 2.40. The highest BCUT2D eigenvalue weighted by Gasteiger charge is 2.36. The van der Waals surface area contributed by atoms with E-state index in [1.807, 2.05) is 4.90 Å². The van der Waals surface area contributed by atoms with Crippen LogP contribution in [-0.2, 0) is 4.74 Å². The number of hydrogen-bond donors (Lipinski definition) is 1. The lowest BCUT2D eigenvalue weighted by atomic mass is 9.79. The number of morpholine rings is 1. The van der Waals surface area contributed by atoms with Crippen LogP contribution in [-0.4, -0.2) is 46.7 Å². The van der Waals surface area contributed by atoms with E-state index in [1.165, 1.54) is 19.3 Å². The Morgan fingerprint density at radius 2 is 2.25 bits per heavy atom. The third-order valence-electron chi connectivity index (χ3n) is 3.98. The van der Waals surface area contributed by atoms with Crippen LogP contribution in [0.5, 0.6) is 0 Å². The van der Waals surface area contributed by atoms with Crippen LogP contribution in [0, 0.1) is 5.92 Å². The van der Waals surface area contributed by atoms with E-state index in [2.05, 4.69) is 31.2 Å². The predicted octanol–water partition coefficient (Wildman–Crippen LogP) is 2.27. The van der Waals surface area contributed by atoms with Crippen LogP contribution in [0.4, 0.5) is 10.6 Å². The highest BCUT2D eigenvalue weighted by molar-refractivity contribution is 9.10. The molecule has 2 heterocycles. The maximum atomic E-state index is 12.4. The summed E-state index contributed by atoms with van der Waals surface area (Å²) in [5, 5.41) is 2.81. The fourth-order valence-corrected chi connectivity index (χ4v) is 2.85. The predicted molar refractivity (Wildman–Crippen MR) is 77.4 cm³/mol. The Hall–Kier alpha value is -1.21. The minimum Gasteiger partial charge on any atom is -0.377 e. The Kier molecular flexibility index (Phi) is 4.16. The van der Waals surface area contributed by atoms with Crippen LogP contribution in [0.15, 0.2) is 17.0 Å². The van der Waals surface area contributed by atoms with Crippen LogP contribution < -0.4 is 5.32 Å². The van der Waals surface area contributed by atoms with Crippen molar-refractivity contribution in [2.45, 2.75) is 25.3 Å². The van der Waals surface area contributed by atoms with Gasteiger partial charge in [-0.3, -0.25) is 5.32 Å². The lowest BCUT2D eigenvalue weighted by Crippen LogP contribution is -2.54. The molecular weight excluding hydrogens is 324 g/mol. The maximum Gasteiger partial charge on any atom is 0.323 e. The number of carbonyl (C=O) groups is 1. The number of halogens is 1. The molecular formula is C13H17BrN4O2. The molecule has 1 saturated carbocycles. The van der Waals surface area contributed by atoms with E-state index in [1.54, 1.807) is 12.4 Å². The van der Waals surface area contributed by atoms with Crippen molar-refractivity contribution in [2.75, 3.05) is 25.1 Å². The van der Waals surface area contributed by atoms with Gasteiger partial charge < -0.3 is 9.64 Å². The van der Waals surface area contributed by atoms with Gasteiger partial charge in [-0.1, -0.05) is 6.42 Å². The van der Waals surface area contributed by atoms with Gasteiger partial charge in [0, 0.05) is 6.54 Å². The van der Waals surface area contributed by atoms with E-state index in [0.717, 1.165) is 0 Å². The monoisotopic (exact) mass is 340 g/mol. The lowest BCUT2D eigenvalue weighted by molar-refractivity contribution is -0.0216. The average molecular weight is 341 g/mol. The summed E-state index contributed by atoms with van der Waals surface area (Å²) in [7, 11) is 0. The second-order valence-electron chi connectivity index (χ2n) is 5.18. The number of carbonyl (C=O) groups excluding carboxylic acids is 1. The SMILES string of the molecule is O=C(Nc1cnc(Br)cn1)N1CCOCC1C1CCC1. The molecule has 108 valence electrons. The van der Waals surface area contributed by atoms with E-state index < -0.39 is 0 Å². The summed E-state index contributed by atoms with van der Waals surface area (Å²) in [4.78, 5) is 22.4. The first kappa shape index (κ1) is 13.8. The first-order valence-corrected chi connectivity index (χ1v) is 7.66. The molecule has 1 atom stereocenters. The van der Waals surface area contributed by atoms with Crippen LogP contribution in [0.25, 0.3) is 0 Å². The molecule has 1 unspecified atom stereocenters. The fraction of sp³-hybridized carbons (Fsp3) is 0.615. The zero-order valence-electron chi connectivity index (χ0n) is 11.1. The van der Waals surface area contributed by atoms with E-state index >= 15 is 0 Å². The number of urea groups is 1. The van der Waals surface area contributed by atoms with Gasteiger partial charge in [0.25, 0.3) is 0 Å². The molecule has 1 N–H and O–H groups in total. The molecule has 0 radical (unpaired) electrons. The first-order valence-electron chi connectivity index (χ1n) is 6.87. The number of rotatable bonds is 2. The molecule has 1 aliphatic heterocycles. The van der Waals surface area contributed by atoms with Gasteiger partial charge in [0.1, 0.15) is 4.60 Å². The summed E-state index contributed by atoms with van der Waals surface area (Å²) in [6, 6.07) is 0.0859. The minimum atomic E-state index is -0.109.